The fraction of sp³-hybridized carbons (Fsp3) is 0.333. The Morgan fingerprint density at radius 1 is 1.17 bits per heavy atom. The summed E-state index contributed by atoms with van der Waals surface area (Å²) >= 11 is 0. The van der Waals surface area contributed by atoms with Crippen LogP contribution in [0.1, 0.15) is 30.7 Å². The summed E-state index contributed by atoms with van der Waals surface area (Å²) in [6.45, 7) is 4.25. The van der Waals surface area contributed by atoms with Gasteiger partial charge in [-0.15, -0.1) is 0 Å². The van der Waals surface area contributed by atoms with Crippen LogP contribution in [-0.2, 0) is 25.1 Å². The number of fused-ring (bicyclic) bond motifs is 2. The minimum Gasteiger partial charge on any atom is -0.375 e. The van der Waals surface area contributed by atoms with Gasteiger partial charge in [0.2, 0.25) is 5.95 Å². The largest absolute Gasteiger partial charge is 0.422 e. The molecule has 12 heteroatoms. The molecule has 4 aromatic rings. The van der Waals surface area contributed by atoms with Crippen LogP contribution < -0.4 is 16.2 Å². The van der Waals surface area contributed by atoms with E-state index in [2.05, 4.69) is 25.6 Å². The maximum atomic E-state index is 13.4. The molecule has 0 saturated heterocycles. The molecule has 0 aliphatic carbocycles. The van der Waals surface area contributed by atoms with E-state index in [1.807, 2.05) is 18.2 Å². The molecule has 9 nitrogen and oxygen atoms in total. The summed E-state index contributed by atoms with van der Waals surface area (Å²) in [5.41, 5.74) is -0.804. The molecule has 1 aliphatic rings. The van der Waals surface area contributed by atoms with Gasteiger partial charge in [0.05, 0.1) is 5.69 Å². The second-order valence-corrected chi connectivity index (χ2v) is 8.75. The molecule has 3 N–H and O–H groups in total. The van der Waals surface area contributed by atoms with E-state index in [4.69, 9.17) is 0 Å². The van der Waals surface area contributed by atoms with Crippen molar-refractivity contribution in [3.05, 3.63) is 69.8 Å². The number of aromatic nitrogens is 5. The highest BCUT2D eigenvalue weighted by atomic mass is 19.4. The van der Waals surface area contributed by atoms with Crippen LogP contribution in [0, 0.1) is 0 Å². The first-order valence-electron chi connectivity index (χ1n) is 11.5. The lowest BCUT2D eigenvalue weighted by molar-refractivity contribution is -0.260. The van der Waals surface area contributed by atoms with E-state index >= 15 is 0 Å². The Bertz CT molecular complexity index is 1510. The van der Waals surface area contributed by atoms with E-state index < -0.39 is 23.0 Å². The lowest BCUT2D eigenvalue weighted by atomic mass is 10.0. The molecule has 1 aromatic carbocycles. The van der Waals surface area contributed by atoms with Crippen molar-refractivity contribution in [1.29, 1.82) is 0 Å². The van der Waals surface area contributed by atoms with Crippen LogP contribution in [0.15, 0.2) is 47.4 Å². The minimum absolute atomic E-state index is 0.00970. The van der Waals surface area contributed by atoms with Crippen molar-refractivity contribution in [3.63, 3.8) is 0 Å². The molecule has 1 atom stereocenters. The number of anilines is 2. The van der Waals surface area contributed by atoms with E-state index in [0.717, 1.165) is 31.3 Å². The Hall–Kier alpha value is -3.77. The number of nitrogens with zero attached hydrogens (tertiary/aromatic N) is 5. The van der Waals surface area contributed by atoms with Crippen LogP contribution in [-0.4, -0.2) is 42.1 Å². The van der Waals surface area contributed by atoms with Gasteiger partial charge in [-0.25, -0.2) is 19.3 Å². The number of benzene rings is 1. The quantitative estimate of drug-likeness (QED) is 0.387. The Labute approximate surface area is 203 Å². The van der Waals surface area contributed by atoms with Crippen molar-refractivity contribution in [2.24, 2.45) is 0 Å². The summed E-state index contributed by atoms with van der Waals surface area (Å²) in [6.07, 6.45) is -2.61. The molecule has 36 heavy (non-hydrogen) atoms. The molecule has 1 unspecified atom stereocenters. The van der Waals surface area contributed by atoms with Gasteiger partial charge < -0.3 is 15.7 Å². The standard InChI is InChI=1S/C24H24F3N7O2/c1-3-33-21(35)17-13-29-22(30-16-8-7-14-9-10-28-12-15(14)11-16)32-20(17)34(33)19-6-4-5-18(31-19)23(2,36)24(25,26)27/h4-8,11,13,28,36H,3,9-10,12H2,1-2H3,(H,29,30,32). The Kier molecular flexibility index (Phi) is 5.80. The topological polar surface area (TPSA) is 110 Å². The van der Waals surface area contributed by atoms with Crippen LogP contribution in [0.25, 0.3) is 16.9 Å². The van der Waals surface area contributed by atoms with Gasteiger partial charge in [0, 0.05) is 25.0 Å². The van der Waals surface area contributed by atoms with E-state index in [1.165, 1.54) is 38.8 Å². The first-order chi connectivity index (χ1) is 17.1. The Morgan fingerprint density at radius 2 is 1.97 bits per heavy atom. The number of pyridine rings is 1. The minimum atomic E-state index is -4.94. The van der Waals surface area contributed by atoms with Crippen molar-refractivity contribution in [2.75, 3.05) is 11.9 Å². The normalized spacial score (nSPS) is 15.5. The van der Waals surface area contributed by atoms with Crippen LogP contribution in [0.2, 0.25) is 0 Å². The second-order valence-electron chi connectivity index (χ2n) is 8.75. The van der Waals surface area contributed by atoms with Gasteiger partial charge in [0.25, 0.3) is 5.56 Å². The van der Waals surface area contributed by atoms with Crippen LogP contribution in [0.3, 0.4) is 0 Å². The van der Waals surface area contributed by atoms with Crippen LogP contribution in [0.5, 0.6) is 0 Å². The average Bonchev–Trinajstić information content (AvgIpc) is 3.14. The summed E-state index contributed by atoms with van der Waals surface area (Å²) in [6, 6.07) is 9.85. The van der Waals surface area contributed by atoms with E-state index in [1.54, 1.807) is 6.92 Å². The van der Waals surface area contributed by atoms with E-state index in [-0.39, 0.29) is 29.3 Å². The van der Waals surface area contributed by atoms with Crippen LogP contribution >= 0.6 is 0 Å². The molecule has 0 amide bonds. The summed E-state index contributed by atoms with van der Waals surface area (Å²) in [5.74, 6) is 0.224. The molecule has 3 aromatic heterocycles. The monoisotopic (exact) mass is 499 g/mol. The molecule has 0 fully saturated rings. The lowest BCUT2D eigenvalue weighted by Gasteiger charge is -2.26. The van der Waals surface area contributed by atoms with Gasteiger partial charge in [-0.2, -0.15) is 18.2 Å². The highest BCUT2D eigenvalue weighted by molar-refractivity contribution is 5.77. The number of halogens is 3. The van der Waals surface area contributed by atoms with Crippen molar-refractivity contribution >= 4 is 22.7 Å². The smallest absolute Gasteiger partial charge is 0.375 e. The molecule has 0 spiro atoms. The summed E-state index contributed by atoms with van der Waals surface area (Å²) in [4.78, 5) is 25.8. The highest BCUT2D eigenvalue weighted by Crippen LogP contribution is 2.37. The third-order valence-corrected chi connectivity index (χ3v) is 6.33. The zero-order valence-corrected chi connectivity index (χ0v) is 19.6. The molecule has 1 aliphatic heterocycles. The second kappa shape index (κ2) is 8.71. The number of alkyl halides is 3. The SMILES string of the molecule is CCn1c(=O)c2cnc(Nc3ccc4c(c3)CNCC4)nc2n1-c1cccc(C(C)(O)C(F)(F)F)n1. The zero-order chi connectivity index (χ0) is 25.7. The first kappa shape index (κ1) is 23.9. The third kappa shape index (κ3) is 4.01. The molecule has 188 valence electrons. The van der Waals surface area contributed by atoms with Crippen molar-refractivity contribution in [1.82, 2.24) is 29.6 Å². The van der Waals surface area contributed by atoms with Gasteiger partial charge in [-0.05, 0) is 62.2 Å². The summed E-state index contributed by atoms with van der Waals surface area (Å²) in [5, 5.41) is 16.8. The fourth-order valence-electron chi connectivity index (χ4n) is 4.25. The van der Waals surface area contributed by atoms with Crippen LogP contribution in [0.4, 0.5) is 24.8 Å². The lowest BCUT2D eigenvalue weighted by Crippen LogP contribution is -2.40. The molecule has 4 heterocycles. The summed E-state index contributed by atoms with van der Waals surface area (Å²) < 4.78 is 43.0. The van der Waals surface area contributed by atoms with E-state index in [9.17, 15) is 23.1 Å². The number of aliphatic hydroxyl groups is 1. The van der Waals surface area contributed by atoms with Crippen molar-refractivity contribution in [3.8, 4) is 5.82 Å². The number of hydrogen-bond acceptors (Lipinski definition) is 7. The molecule has 0 saturated carbocycles. The maximum absolute atomic E-state index is 13.4. The van der Waals surface area contributed by atoms with E-state index in [0.29, 0.717) is 6.92 Å². The number of hydrogen-bond donors (Lipinski definition) is 3. The zero-order valence-electron chi connectivity index (χ0n) is 19.6. The predicted octanol–water partition coefficient (Wildman–Crippen LogP) is 3.16. The third-order valence-electron chi connectivity index (χ3n) is 6.33. The number of nitrogens with one attached hydrogen (secondary N) is 2. The highest BCUT2D eigenvalue weighted by Gasteiger charge is 2.52. The average molecular weight is 499 g/mol. The van der Waals surface area contributed by atoms with Gasteiger partial charge in [-0.1, -0.05) is 12.1 Å². The Morgan fingerprint density at radius 3 is 2.72 bits per heavy atom. The molecule has 5 rings (SSSR count). The predicted molar refractivity (Wildman–Crippen MR) is 127 cm³/mol. The fourth-order valence-corrected chi connectivity index (χ4v) is 4.25. The molecule has 0 bridgehead atoms. The maximum Gasteiger partial charge on any atom is 0.422 e. The van der Waals surface area contributed by atoms with Crippen molar-refractivity contribution < 1.29 is 18.3 Å². The Balaban J connectivity index is 1.60. The van der Waals surface area contributed by atoms with Gasteiger partial charge in [-0.3, -0.25) is 4.79 Å². The van der Waals surface area contributed by atoms with Gasteiger partial charge in [0.1, 0.15) is 5.39 Å². The van der Waals surface area contributed by atoms with Crippen molar-refractivity contribution in [2.45, 2.75) is 45.1 Å². The first-order valence-corrected chi connectivity index (χ1v) is 11.5. The summed E-state index contributed by atoms with van der Waals surface area (Å²) in [7, 11) is 0. The number of rotatable bonds is 5. The van der Waals surface area contributed by atoms with Gasteiger partial charge >= 0.3 is 6.18 Å². The molecular formula is C24H24F3N7O2. The molecule has 0 radical (unpaired) electrons. The van der Waals surface area contributed by atoms with Gasteiger partial charge in [0.15, 0.2) is 17.1 Å². The molecular weight excluding hydrogens is 475 g/mol.